The van der Waals surface area contributed by atoms with Crippen molar-refractivity contribution in [3.05, 3.63) is 101 Å². The van der Waals surface area contributed by atoms with Gasteiger partial charge in [-0.1, -0.05) is 24.0 Å². The second kappa shape index (κ2) is 9.70. The first-order chi connectivity index (χ1) is 15.9. The predicted octanol–water partition coefficient (Wildman–Crippen LogP) is 5.77. The van der Waals surface area contributed by atoms with Crippen LogP contribution >= 0.6 is 0 Å². The van der Waals surface area contributed by atoms with Crippen molar-refractivity contribution in [2.24, 2.45) is 0 Å². The molecule has 7 heteroatoms. The van der Waals surface area contributed by atoms with Crippen molar-refractivity contribution in [3.63, 3.8) is 0 Å². The van der Waals surface area contributed by atoms with Gasteiger partial charge in [-0.25, -0.2) is 27.5 Å². The minimum atomic E-state index is -0.949. The molecule has 0 bridgehead atoms. The van der Waals surface area contributed by atoms with Gasteiger partial charge in [0.2, 0.25) is 0 Å². The zero-order valence-corrected chi connectivity index (χ0v) is 17.6. The Morgan fingerprint density at radius 2 is 1.55 bits per heavy atom. The maximum atomic E-state index is 14.5. The normalized spacial score (nSPS) is 10.7. The lowest BCUT2D eigenvalue weighted by atomic mass is 10.0. The lowest BCUT2D eigenvalue weighted by molar-refractivity contribution is 0.337. The number of nitrogens with zero attached hydrogens (tertiary/aromatic N) is 2. The minimum Gasteiger partial charge on any atom is -0.491 e. The topological polar surface area (TPSA) is 35.0 Å². The summed E-state index contributed by atoms with van der Waals surface area (Å²) in [7, 11) is 0. The molecule has 1 aromatic heterocycles. The first-order valence-electron chi connectivity index (χ1n) is 10.3. The summed E-state index contributed by atoms with van der Waals surface area (Å²) in [6, 6.07) is 9.30. The molecule has 3 aromatic carbocycles. The number of halogens is 4. The number of hydrogen-bond acceptors (Lipinski definition) is 3. The van der Waals surface area contributed by atoms with Crippen molar-refractivity contribution in [1.29, 1.82) is 0 Å². The summed E-state index contributed by atoms with van der Waals surface area (Å²) >= 11 is 0. The van der Waals surface area contributed by atoms with E-state index in [1.807, 2.05) is 6.92 Å². The van der Waals surface area contributed by atoms with E-state index in [9.17, 15) is 17.6 Å². The maximum Gasteiger partial charge on any atom is 0.166 e. The molecule has 0 aliphatic carbocycles. The summed E-state index contributed by atoms with van der Waals surface area (Å²) in [4.78, 5) is 8.36. The fraction of sp³-hybridized carbons (Fsp3) is 0.154. The number of ether oxygens (including phenoxy) is 1. The molecule has 0 spiro atoms. The van der Waals surface area contributed by atoms with E-state index in [0.717, 1.165) is 6.07 Å². The first kappa shape index (κ1) is 22.3. The van der Waals surface area contributed by atoms with Gasteiger partial charge in [-0.3, -0.25) is 0 Å². The van der Waals surface area contributed by atoms with Gasteiger partial charge >= 0.3 is 0 Å². The highest BCUT2D eigenvalue weighted by atomic mass is 19.2. The smallest absolute Gasteiger partial charge is 0.166 e. The second-order valence-electron chi connectivity index (χ2n) is 7.25. The number of aromatic nitrogens is 2. The summed E-state index contributed by atoms with van der Waals surface area (Å²) in [6.45, 7) is 2.37. The molecular formula is C26H18F4N2O. The van der Waals surface area contributed by atoms with Gasteiger partial charge < -0.3 is 4.74 Å². The van der Waals surface area contributed by atoms with Crippen LogP contribution in [0, 0.1) is 35.1 Å². The van der Waals surface area contributed by atoms with Gasteiger partial charge in [-0.2, -0.15) is 0 Å². The number of rotatable bonds is 5. The first-order valence-corrected chi connectivity index (χ1v) is 10.3. The third-order valence-corrected chi connectivity index (χ3v) is 4.97. The Balaban J connectivity index is 1.50. The molecule has 0 unspecified atom stereocenters. The Bertz CT molecular complexity index is 1350. The molecule has 0 N–H and O–H groups in total. The van der Waals surface area contributed by atoms with Gasteiger partial charge in [0.25, 0.3) is 0 Å². The summed E-state index contributed by atoms with van der Waals surface area (Å²) in [5.41, 5.74) is 0.515. The van der Waals surface area contributed by atoms with E-state index >= 15 is 0 Å². The van der Waals surface area contributed by atoms with Crippen molar-refractivity contribution in [2.75, 3.05) is 6.61 Å². The van der Waals surface area contributed by atoms with Gasteiger partial charge in [0.15, 0.2) is 17.4 Å². The van der Waals surface area contributed by atoms with E-state index < -0.39 is 23.3 Å². The number of aryl methyl sites for hydroxylation is 2. The minimum absolute atomic E-state index is 0.110. The van der Waals surface area contributed by atoms with E-state index in [0.29, 0.717) is 47.5 Å². The largest absolute Gasteiger partial charge is 0.491 e. The van der Waals surface area contributed by atoms with Crippen LogP contribution in [0.2, 0.25) is 0 Å². The molecule has 4 rings (SSSR count). The Kier molecular flexibility index (Phi) is 6.55. The fourth-order valence-electron chi connectivity index (χ4n) is 3.34. The SMILES string of the molecule is CCOc1cnc(CCc2cc(F)c(C#Cc3ccc4c(F)c(F)ccc4c3)c(F)c2)nc1. The average molecular weight is 450 g/mol. The molecule has 0 aliphatic rings. The molecule has 0 saturated heterocycles. The third kappa shape index (κ3) is 5.12. The standard InChI is InChI=1S/C26H18F4N2O/c1-2-33-19-14-31-25(32-15-19)10-5-17-12-23(28)21(24(29)13-17)8-4-16-3-7-20-18(11-16)6-9-22(27)26(20)30/h3,6-7,9,11-15H,2,5,10H2,1H3. The van der Waals surface area contributed by atoms with Crippen LogP contribution in [0.1, 0.15) is 29.4 Å². The van der Waals surface area contributed by atoms with Crippen LogP contribution < -0.4 is 4.74 Å². The van der Waals surface area contributed by atoms with E-state index in [2.05, 4.69) is 21.8 Å². The van der Waals surface area contributed by atoms with Crippen molar-refractivity contribution < 1.29 is 22.3 Å². The quantitative estimate of drug-likeness (QED) is 0.286. The maximum absolute atomic E-state index is 14.5. The Hall–Kier alpha value is -3.92. The second-order valence-corrected chi connectivity index (χ2v) is 7.25. The molecular weight excluding hydrogens is 432 g/mol. The zero-order valence-electron chi connectivity index (χ0n) is 17.6. The monoisotopic (exact) mass is 450 g/mol. The molecule has 166 valence electrons. The summed E-state index contributed by atoms with van der Waals surface area (Å²) in [5.74, 6) is 2.83. The van der Waals surface area contributed by atoms with Crippen molar-refractivity contribution in [3.8, 4) is 17.6 Å². The van der Waals surface area contributed by atoms with Gasteiger partial charge in [-0.05, 0) is 54.6 Å². The Labute approximate surface area is 188 Å². The molecule has 33 heavy (non-hydrogen) atoms. The molecule has 4 aromatic rings. The molecule has 0 amide bonds. The van der Waals surface area contributed by atoms with Crippen LogP contribution in [-0.2, 0) is 12.8 Å². The molecule has 3 nitrogen and oxygen atoms in total. The van der Waals surface area contributed by atoms with Gasteiger partial charge in [-0.15, -0.1) is 0 Å². The Morgan fingerprint density at radius 1 is 0.818 bits per heavy atom. The van der Waals surface area contributed by atoms with E-state index in [1.165, 1.54) is 36.4 Å². The van der Waals surface area contributed by atoms with Gasteiger partial charge in [0, 0.05) is 17.4 Å². The number of benzene rings is 3. The highest BCUT2D eigenvalue weighted by Gasteiger charge is 2.11. The lowest BCUT2D eigenvalue weighted by Gasteiger charge is -2.05. The molecule has 1 heterocycles. The Morgan fingerprint density at radius 3 is 2.24 bits per heavy atom. The van der Waals surface area contributed by atoms with Crippen LogP contribution in [0.4, 0.5) is 17.6 Å². The average Bonchev–Trinajstić information content (AvgIpc) is 2.81. The zero-order chi connectivity index (χ0) is 23.4. The highest BCUT2D eigenvalue weighted by molar-refractivity contribution is 5.84. The van der Waals surface area contributed by atoms with Crippen LogP contribution in [-0.4, -0.2) is 16.6 Å². The summed E-state index contributed by atoms with van der Waals surface area (Å²) in [6.07, 6.45) is 3.87. The van der Waals surface area contributed by atoms with Gasteiger partial charge in [0.05, 0.1) is 24.6 Å². The van der Waals surface area contributed by atoms with Crippen LogP contribution in [0.5, 0.6) is 5.75 Å². The third-order valence-electron chi connectivity index (χ3n) is 4.97. The van der Waals surface area contributed by atoms with Crippen molar-refractivity contribution in [2.45, 2.75) is 19.8 Å². The molecule has 0 fully saturated rings. The van der Waals surface area contributed by atoms with Crippen molar-refractivity contribution in [1.82, 2.24) is 9.97 Å². The fourth-order valence-corrected chi connectivity index (χ4v) is 3.34. The molecule has 0 atom stereocenters. The molecule has 0 radical (unpaired) electrons. The summed E-state index contributed by atoms with van der Waals surface area (Å²) in [5, 5.41) is 0.548. The summed E-state index contributed by atoms with van der Waals surface area (Å²) < 4.78 is 61.5. The van der Waals surface area contributed by atoms with Crippen molar-refractivity contribution >= 4 is 10.8 Å². The van der Waals surface area contributed by atoms with E-state index in [1.54, 1.807) is 12.4 Å². The molecule has 0 saturated carbocycles. The van der Waals surface area contributed by atoms with Gasteiger partial charge in [0.1, 0.15) is 17.5 Å². The highest BCUT2D eigenvalue weighted by Crippen LogP contribution is 2.22. The predicted molar refractivity (Wildman–Crippen MR) is 117 cm³/mol. The number of fused-ring (bicyclic) bond motifs is 1. The number of hydrogen-bond donors (Lipinski definition) is 0. The van der Waals surface area contributed by atoms with Crippen LogP contribution in [0.15, 0.2) is 54.9 Å². The lowest BCUT2D eigenvalue weighted by Crippen LogP contribution is -2.01. The van der Waals surface area contributed by atoms with E-state index in [4.69, 9.17) is 4.74 Å². The van der Waals surface area contributed by atoms with Crippen LogP contribution in [0.25, 0.3) is 10.8 Å². The van der Waals surface area contributed by atoms with E-state index in [-0.39, 0.29) is 10.9 Å². The van der Waals surface area contributed by atoms with Crippen LogP contribution in [0.3, 0.4) is 0 Å². The molecule has 0 aliphatic heterocycles.